The molecule has 20 heavy (non-hydrogen) atoms. The normalized spacial score (nSPS) is 16.7. The summed E-state index contributed by atoms with van der Waals surface area (Å²) in [4.78, 5) is 5.92. The molecule has 3 rings (SSSR count). The maximum atomic E-state index is 4.50. The number of nitrogens with one attached hydrogen (secondary N) is 1. The zero-order valence-electron chi connectivity index (χ0n) is 12.3. The van der Waals surface area contributed by atoms with Gasteiger partial charge in [0.1, 0.15) is 0 Å². The van der Waals surface area contributed by atoms with E-state index in [9.17, 15) is 0 Å². The standard InChI is InChI=1S/C16H23N3S/c1-16(2,14-8-5-11-20-14)12-18-15-17-9-10-19(15)13-6-3-4-7-13/h5,8-11,13H,3-4,6-7,12H2,1-2H3,(H,17,18). The Labute approximate surface area is 125 Å². The van der Waals surface area contributed by atoms with Crippen molar-refractivity contribution < 1.29 is 0 Å². The molecule has 1 aliphatic carbocycles. The van der Waals surface area contributed by atoms with E-state index in [1.54, 1.807) is 0 Å². The van der Waals surface area contributed by atoms with Gasteiger partial charge in [0.2, 0.25) is 5.95 Å². The van der Waals surface area contributed by atoms with Crippen LogP contribution in [0.3, 0.4) is 0 Å². The number of aromatic nitrogens is 2. The van der Waals surface area contributed by atoms with Gasteiger partial charge in [-0.15, -0.1) is 11.3 Å². The highest BCUT2D eigenvalue weighted by Gasteiger charge is 2.24. The molecule has 2 heterocycles. The van der Waals surface area contributed by atoms with Crippen LogP contribution in [0.25, 0.3) is 0 Å². The third-order valence-electron chi connectivity index (χ3n) is 4.26. The van der Waals surface area contributed by atoms with Crippen molar-refractivity contribution in [3.05, 3.63) is 34.8 Å². The van der Waals surface area contributed by atoms with Gasteiger partial charge in [-0.3, -0.25) is 0 Å². The summed E-state index contributed by atoms with van der Waals surface area (Å²) in [5.74, 6) is 1.03. The van der Waals surface area contributed by atoms with Crippen molar-refractivity contribution in [1.29, 1.82) is 0 Å². The lowest BCUT2D eigenvalue weighted by Crippen LogP contribution is -2.28. The highest BCUT2D eigenvalue weighted by atomic mass is 32.1. The Balaban J connectivity index is 1.68. The highest BCUT2D eigenvalue weighted by molar-refractivity contribution is 7.10. The summed E-state index contributed by atoms with van der Waals surface area (Å²) in [6.07, 6.45) is 9.32. The van der Waals surface area contributed by atoms with Crippen LogP contribution < -0.4 is 5.32 Å². The molecule has 3 nitrogen and oxygen atoms in total. The van der Waals surface area contributed by atoms with Gasteiger partial charge in [0.25, 0.3) is 0 Å². The molecule has 2 aromatic rings. The molecular formula is C16H23N3S. The van der Waals surface area contributed by atoms with Crippen molar-refractivity contribution in [3.8, 4) is 0 Å². The molecule has 108 valence electrons. The number of hydrogen-bond acceptors (Lipinski definition) is 3. The summed E-state index contributed by atoms with van der Waals surface area (Å²) in [6, 6.07) is 4.99. The van der Waals surface area contributed by atoms with E-state index in [2.05, 4.69) is 52.4 Å². The van der Waals surface area contributed by atoms with Crippen LogP contribution in [0.4, 0.5) is 5.95 Å². The Bertz CT molecular complexity index is 536. The highest BCUT2D eigenvalue weighted by Crippen LogP contribution is 2.32. The minimum absolute atomic E-state index is 0.140. The first-order valence-electron chi connectivity index (χ1n) is 7.47. The summed E-state index contributed by atoms with van der Waals surface area (Å²) in [5.41, 5.74) is 0.140. The SMILES string of the molecule is CC(C)(CNc1nccn1C1CCCC1)c1cccs1. The first-order valence-corrected chi connectivity index (χ1v) is 8.35. The zero-order chi connectivity index (χ0) is 14.0. The zero-order valence-corrected chi connectivity index (χ0v) is 13.1. The van der Waals surface area contributed by atoms with Crippen LogP contribution in [0, 0.1) is 0 Å². The largest absolute Gasteiger partial charge is 0.355 e. The van der Waals surface area contributed by atoms with Crippen LogP contribution in [0.15, 0.2) is 29.9 Å². The molecular weight excluding hydrogens is 266 g/mol. The molecule has 0 amide bonds. The van der Waals surface area contributed by atoms with E-state index in [1.807, 2.05) is 17.5 Å². The second-order valence-electron chi connectivity index (χ2n) is 6.31. The molecule has 1 aliphatic rings. The van der Waals surface area contributed by atoms with E-state index in [1.165, 1.54) is 30.6 Å². The maximum absolute atomic E-state index is 4.50. The van der Waals surface area contributed by atoms with Gasteiger partial charge in [-0.05, 0) is 24.3 Å². The van der Waals surface area contributed by atoms with E-state index in [-0.39, 0.29) is 5.41 Å². The fourth-order valence-electron chi connectivity index (χ4n) is 2.98. The molecule has 1 fully saturated rings. The first-order chi connectivity index (χ1) is 9.67. The molecule has 1 N–H and O–H groups in total. The monoisotopic (exact) mass is 289 g/mol. The number of thiophene rings is 1. The van der Waals surface area contributed by atoms with Crippen LogP contribution in [-0.4, -0.2) is 16.1 Å². The Kier molecular flexibility index (Phi) is 3.83. The Morgan fingerprint density at radius 2 is 2.20 bits per heavy atom. The molecule has 0 aromatic carbocycles. The molecule has 0 unspecified atom stereocenters. The van der Waals surface area contributed by atoms with Crippen LogP contribution in [0.5, 0.6) is 0 Å². The third kappa shape index (κ3) is 2.75. The molecule has 0 spiro atoms. The smallest absolute Gasteiger partial charge is 0.203 e. The molecule has 0 radical (unpaired) electrons. The van der Waals surface area contributed by atoms with E-state index in [4.69, 9.17) is 0 Å². The van der Waals surface area contributed by atoms with E-state index < -0.39 is 0 Å². The number of hydrogen-bond donors (Lipinski definition) is 1. The second-order valence-corrected chi connectivity index (χ2v) is 7.26. The fourth-order valence-corrected chi connectivity index (χ4v) is 3.83. The predicted molar refractivity (Wildman–Crippen MR) is 85.6 cm³/mol. The van der Waals surface area contributed by atoms with E-state index in [0.717, 1.165) is 12.5 Å². The lowest BCUT2D eigenvalue weighted by molar-refractivity contribution is 0.514. The summed E-state index contributed by atoms with van der Waals surface area (Å²) in [6.45, 7) is 5.49. The number of rotatable bonds is 5. The van der Waals surface area contributed by atoms with Crippen molar-refractivity contribution in [2.45, 2.75) is 51.0 Å². The predicted octanol–water partition coefficient (Wildman–Crippen LogP) is 4.45. The average molecular weight is 289 g/mol. The molecule has 0 saturated heterocycles. The summed E-state index contributed by atoms with van der Waals surface area (Å²) in [5, 5.41) is 5.71. The van der Waals surface area contributed by atoms with Gasteiger partial charge in [0, 0.05) is 35.3 Å². The minimum Gasteiger partial charge on any atom is -0.355 e. The van der Waals surface area contributed by atoms with Gasteiger partial charge in [0.15, 0.2) is 0 Å². The van der Waals surface area contributed by atoms with Gasteiger partial charge in [-0.2, -0.15) is 0 Å². The molecule has 0 bridgehead atoms. The first kappa shape index (κ1) is 13.7. The van der Waals surface area contributed by atoms with E-state index in [0.29, 0.717) is 6.04 Å². The van der Waals surface area contributed by atoms with Crippen LogP contribution in [-0.2, 0) is 5.41 Å². The molecule has 0 atom stereocenters. The lowest BCUT2D eigenvalue weighted by atomic mass is 9.91. The molecule has 1 saturated carbocycles. The van der Waals surface area contributed by atoms with Crippen molar-refractivity contribution >= 4 is 17.3 Å². The topological polar surface area (TPSA) is 29.9 Å². The Hall–Kier alpha value is -1.29. The van der Waals surface area contributed by atoms with Crippen molar-refractivity contribution in [2.24, 2.45) is 0 Å². The van der Waals surface area contributed by atoms with Crippen LogP contribution >= 0.6 is 11.3 Å². The number of nitrogens with zero attached hydrogens (tertiary/aromatic N) is 2. The van der Waals surface area contributed by atoms with Crippen molar-refractivity contribution in [3.63, 3.8) is 0 Å². The van der Waals surface area contributed by atoms with Crippen LogP contribution in [0.1, 0.15) is 50.4 Å². The average Bonchev–Trinajstić information content (AvgIpc) is 3.16. The fraction of sp³-hybridized carbons (Fsp3) is 0.562. The second kappa shape index (κ2) is 5.60. The quantitative estimate of drug-likeness (QED) is 0.881. The molecule has 2 aromatic heterocycles. The van der Waals surface area contributed by atoms with Gasteiger partial charge >= 0.3 is 0 Å². The summed E-state index contributed by atoms with van der Waals surface area (Å²) in [7, 11) is 0. The minimum atomic E-state index is 0.140. The Morgan fingerprint density at radius 3 is 2.90 bits per heavy atom. The van der Waals surface area contributed by atoms with Crippen molar-refractivity contribution in [1.82, 2.24) is 9.55 Å². The Morgan fingerprint density at radius 1 is 1.40 bits per heavy atom. The van der Waals surface area contributed by atoms with Crippen molar-refractivity contribution in [2.75, 3.05) is 11.9 Å². The molecule has 0 aliphatic heterocycles. The number of anilines is 1. The molecule has 4 heteroatoms. The van der Waals surface area contributed by atoms with E-state index >= 15 is 0 Å². The van der Waals surface area contributed by atoms with Gasteiger partial charge in [-0.25, -0.2) is 4.98 Å². The third-order valence-corrected chi connectivity index (χ3v) is 5.50. The van der Waals surface area contributed by atoms with Gasteiger partial charge in [-0.1, -0.05) is 32.8 Å². The summed E-state index contributed by atoms with van der Waals surface area (Å²) >= 11 is 1.83. The maximum Gasteiger partial charge on any atom is 0.203 e. The van der Waals surface area contributed by atoms with Gasteiger partial charge in [0.05, 0.1) is 0 Å². The lowest BCUT2D eigenvalue weighted by Gasteiger charge is -2.25. The van der Waals surface area contributed by atoms with Crippen LogP contribution in [0.2, 0.25) is 0 Å². The summed E-state index contributed by atoms with van der Waals surface area (Å²) < 4.78 is 2.33. The van der Waals surface area contributed by atoms with Gasteiger partial charge < -0.3 is 9.88 Å². The number of imidazole rings is 1.